The highest BCUT2D eigenvalue weighted by atomic mass is 16.5. The van der Waals surface area contributed by atoms with Crippen molar-refractivity contribution in [2.24, 2.45) is 0 Å². The van der Waals surface area contributed by atoms with Crippen LogP contribution in [-0.2, 0) is 4.79 Å². The van der Waals surface area contributed by atoms with Gasteiger partial charge in [0, 0.05) is 13.1 Å². The van der Waals surface area contributed by atoms with E-state index in [0.29, 0.717) is 19.6 Å². The number of likely N-dealkylation sites (N-methyl/N-ethyl adjacent to an activating group) is 1. The van der Waals surface area contributed by atoms with Crippen molar-refractivity contribution in [3.8, 4) is 5.75 Å². The van der Waals surface area contributed by atoms with Crippen molar-refractivity contribution >= 4 is 5.91 Å². The molecular weight excluding hydrogens is 240 g/mol. The van der Waals surface area contributed by atoms with Gasteiger partial charge in [0.05, 0.1) is 13.0 Å². The van der Waals surface area contributed by atoms with Crippen molar-refractivity contribution in [1.82, 2.24) is 10.2 Å². The van der Waals surface area contributed by atoms with E-state index in [1.54, 1.807) is 0 Å². The highest BCUT2D eigenvalue weighted by Crippen LogP contribution is 2.08. The van der Waals surface area contributed by atoms with Crippen LogP contribution in [0.4, 0.5) is 0 Å². The summed E-state index contributed by atoms with van der Waals surface area (Å²) in [5.74, 6) is 0.849. The first-order valence-corrected chi connectivity index (χ1v) is 6.93. The van der Waals surface area contributed by atoms with Gasteiger partial charge in [-0.1, -0.05) is 32.0 Å². The van der Waals surface area contributed by atoms with Crippen LogP contribution < -0.4 is 10.1 Å². The minimum atomic E-state index is 0.0445. The summed E-state index contributed by atoms with van der Waals surface area (Å²) in [6.07, 6.45) is 0.396. The first-order chi connectivity index (χ1) is 9.26. The molecule has 0 heterocycles. The molecule has 0 aliphatic heterocycles. The lowest BCUT2D eigenvalue weighted by molar-refractivity contribution is -0.121. The Morgan fingerprint density at radius 2 is 1.89 bits per heavy atom. The second-order valence-corrected chi connectivity index (χ2v) is 4.29. The SMILES string of the molecule is CCN(CC)CCNC(=O)CCOc1ccccc1. The molecule has 0 saturated carbocycles. The van der Waals surface area contributed by atoms with Gasteiger partial charge in [0.25, 0.3) is 0 Å². The fraction of sp³-hybridized carbons (Fsp3) is 0.533. The minimum absolute atomic E-state index is 0.0445. The van der Waals surface area contributed by atoms with E-state index in [4.69, 9.17) is 4.74 Å². The van der Waals surface area contributed by atoms with Crippen LogP contribution in [0.25, 0.3) is 0 Å². The topological polar surface area (TPSA) is 41.6 Å². The molecule has 1 amide bonds. The second-order valence-electron chi connectivity index (χ2n) is 4.29. The number of para-hydroxylation sites is 1. The van der Waals surface area contributed by atoms with Gasteiger partial charge in [-0.2, -0.15) is 0 Å². The van der Waals surface area contributed by atoms with Crippen molar-refractivity contribution < 1.29 is 9.53 Å². The Hall–Kier alpha value is -1.55. The number of carbonyl (C=O) groups is 1. The van der Waals surface area contributed by atoms with E-state index < -0.39 is 0 Å². The highest BCUT2D eigenvalue weighted by molar-refractivity contribution is 5.75. The predicted octanol–water partition coefficient (Wildman–Crippen LogP) is 1.91. The Kier molecular flexibility index (Phi) is 7.66. The van der Waals surface area contributed by atoms with E-state index in [1.807, 2.05) is 30.3 Å². The highest BCUT2D eigenvalue weighted by Gasteiger charge is 2.03. The summed E-state index contributed by atoms with van der Waals surface area (Å²) in [7, 11) is 0. The van der Waals surface area contributed by atoms with Crippen LogP contribution in [0.5, 0.6) is 5.75 Å². The molecule has 106 valence electrons. The summed E-state index contributed by atoms with van der Waals surface area (Å²) in [4.78, 5) is 13.9. The Balaban J connectivity index is 2.08. The number of hydrogen-bond donors (Lipinski definition) is 1. The van der Waals surface area contributed by atoms with Gasteiger partial charge in [-0.15, -0.1) is 0 Å². The molecule has 0 atom stereocenters. The van der Waals surface area contributed by atoms with Crippen LogP contribution >= 0.6 is 0 Å². The molecule has 0 spiro atoms. The molecule has 1 aromatic rings. The van der Waals surface area contributed by atoms with E-state index in [9.17, 15) is 4.79 Å². The number of benzene rings is 1. The number of nitrogens with one attached hydrogen (secondary N) is 1. The number of carbonyl (C=O) groups excluding carboxylic acids is 1. The van der Waals surface area contributed by atoms with E-state index >= 15 is 0 Å². The van der Waals surface area contributed by atoms with E-state index in [-0.39, 0.29) is 5.91 Å². The fourth-order valence-electron chi connectivity index (χ4n) is 1.76. The Bertz CT molecular complexity index is 350. The molecule has 0 aromatic heterocycles. The Labute approximate surface area is 115 Å². The molecule has 0 radical (unpaired) electrons. The quantitative estimate of drug-likeness (QED) is 0.741. The summed E-state index contributed by atoms with van der Waals surface area (Å²) < 4.78 is 5.48. The van der Waals surface area contributed by atoms with Crippen molar-refractivity contribution in [1.29, 1.82) is 0 Å². The average molecular weight is 264 g/mol. The average Bonchev–Trinajstić information content (AvgIpc) is 2.45. The molecule has 19 heavy (non-hydrogen) atoms. The zero-order valence-electron chi connectivity index (χ0n) is 11.9. The first-order valence-electron chi connectivity index (χ1n) is 6.93. The van der Waals surface area contributed by atoms with Crippen molar-refractivity contribution in [2.45, 2.75) is 20.3 Å². The lowest BCUT2D eigenvalue weighted by atomic mass is 10.3. The zero-order chi connectivity index (χ0) is 13.9. The molecule has 0 unspecified atom stereocenters. The smallest absolute Gasteiger partial charge is 0.223 e. The largest absolute Gasteiger partial charge is 0.493 e. The Morgan fingerprint density at radius 1 is 1.21 bits per heavy atom. The summed E-state index contributed by atoms with van der Waals surface area (Å²) in [6.45, 7) is 8.30. The molecule has 0 saturated heterocycles. The molecule has 1 N–H and O–H groups in total. The van der Waals surface area contributed by atoms with Crippen LogP contribution in [0.2, 0.25) is 0 Å². The molecule has 4 nitrogen and oxygen atoms in total. The minimum Gasteiger partial charge on any atom is -0.493 e. The summed E-state index contributed by atoms with van der Waals surface area (Å²) in [6, 6.07) is 9.54. The summed E-state index contributed by atoms with van der Waals surface area (Å²) in [5, 5.41) is 2.91. The van der Waals surface area contributed by atoms with Crippen molar-refractivity contribution in [3.63, 3.8) is 0 Å². The summed E-state index contributed by atoms with van der Waals surface area (Å²) in [5.41, 5.74) is 0. The van der Waals surface area contributed by atoms with Gasteiger partial charge in [-0.25, -0.2) is 0 Å². The van der Waals surface area contributed by atoms with Crippen LogP contribution in [0.1, 0.15) is 20.3 Å². The van der Waals surface area contributed by atoms with Gasteiger partial charge < -0.3 is 15.0 Å². The predicted molar refractivity (Wildman–Crippen MR) is 77.4 cm³/mol. The summed E-state index contributed by atoms with van der Waals surface area (Å²) >= 11 is 0. The van der Waals surface area contributed by atoms with Gasteiger partial charge in [0.2, 0.25) is 5.91 Å². The normalized spacial score (nSPS) is 10.5. The van der Waals surface area contributed by atoms with E-state index in [2.05, 4.69) is 24.1 Å². The molecule has 0 aliphatic carbocycles. The standard InChI is InChI=1S/C15H24N2O2/c1-3-17(4-2)12-11-16-15(18)10-13-19-14-8-6-5-7-9-14/h5-9H,3-4,10-13H2,1-2H3,(H,16,18). The maximum atomic E-state index is 11.6. The van der Waals surface area contributed by atoms with Crippen LogP contribution in [0.15, 0.2) is 30.3 Å². The van der Waals surface area contributed by atoms with Gasteiger partial charge in [0.15, 0.2) is 0 Å². The second kappa shape index (κ2) is 9.39. The van der Waals surface area contributed by atoms with Crippen molar-refractivity contribution in [2.75, 3.05) is 32.8 Å². The third kappa shape index (κ3) is 6.82. The van der Waals surface area contributed by atoms with Crippen LogP contribution in [0, 0.1) is 0 Å². The lowest BCUT2D eigenvalue weighted by Crippen LogP contribution is -2.35. The maximum absolute atomic E-state index is 11.6. The van der Waals surface area contributed by atoms with Gasteiger partial charge in [0.1, 0.15) is 5.75 Å². The van der Waals surface area contributed by atoms with Crippen LogP contribution in [-0.4, -0.2) is 43.6 Å². The number of ether oxygens (including phenoxy) is 1. The number of hydrogen-bond acceptors (Lipinski definition) is 3. The fourth-order valence-corrected chi connectivity index (χ4v) is 1.76. The first kappa shape index (κ1) is 15.5. The maximum Gasteiger partial charge on any atom is 0.223 e. The van der Waals surface area contributed by atoms with Gasteiger partial charge >= 0.3 is 0 Å². The van der Waals surface area contributed by atoms with Crippen LogP contribution in [0.3, 0.4) is 0 Å². The zero-order valence-corrected chi connectivity index (χ0v) is 11.9. The number of amides is 1. The third-order valence-corrected chi connectivity index (χ3v) is 2.99. The molecule has 4 heteroatoms. The molecule has 0 aliphatic rings. The van der Waals surface area contributed by atoms with E-state index in [1.165, 1.54) is 0 Å². The number of nitrogens with zero attached hydrogens (tertiary/aromatic N) is 1. The lowest BCUT2D eigenvalue weighted by Gasteiger charge is -2.17. The Morgan fingerprint density at radius 3 is 2.53 bits per heavy atom. The monoisotopic (exact) mass is 264 g/mol. The molecule has 1 rings (SSSR count). The molecule has 0 fully saturated rings. The number of rotatable bonds is 9. The third-order valence-electron chi connectivity index (χ3n) is 2.99. The van der Waals surface area contributed by atoms with Gasteiger partial charge in [-0.05, 0) is 25.2 Å². The molecular formula is C15H24N2O2. The van der Waals surface area contributed by atoms with Crippen molar-refractivity contribution in [3.05, 3.63) is 30.3 Å². The molecule has 1 aromatic carbocycles. The molecule has 0 bridgehead atoms. The van der Waals surface area contributed by atoms with Gasteiger partial charge in [-0.3, -0.25) is 4.79 Å². The van der Waals surface area contributed by atoms with E-state index in [0.717, 1.165) is 25.4 Å².